The Morgan fingerprint density at radius 3 is 2.89 bits per heavy atom. The van der Waals surface area contributed by atoms with E-state index < -0.39 is 0 Å². The summed E-state index contributed by atoms with van der Waals surface area (Å²) in [5.74, 6) is 0.447. The van der Waals surface area contributed by atoms with Crippen LogP contribution in [0.3, 0.4) is 0 Å². The topological polar surface area (TPSA) is 32.7 Å². The highest BCUT2D eigenvalue weighted by Crippen LogP contribution is 2.28. The Labute approximate surface area is 107 Å². The monoisotopic (exact) mass is 253 g/mol. The van der Waals surface area contributed by atoms with E-state index in [1.165, 1.54) is 18.9 Å². The normalized spacial score (nSPS) is 14.8. The largest absolute Gasteiger partial charge is 0.392 e. The third-order valence-corrected chi connectivity index (χ3v) is 3.24. The van der Waals surface area contributed by atoms with Gasteiger partial charge >= 0.3 is 0 Å². The van der Waals surface area contributed by atoms with Gasteiger partial charge in [0.15, 0.2) is 0 Å². The minimum absolute atomic E-state index is 0.152. The highest BCUT2D eigenvalue weighted by molar-refractivity contribution is 5.54. The summed E-state index contributed by atoms with van der Waals surface area (Å²) in [5, 5.41) is 9.22. The molecule has 1 N–H and O–H groups in total. The molecule has 0 aliphatic heterocycles. The molecular weight excluding hydrogens is 233 g/mol. The molecule has 1 saturated carbocycles. The number of halogens is 1. The van der Waals surface area contributed by atoms with Gasteiger partial charge in [0, 0.05) is 25.8 Å². The van der Waals surface area contributed by atoms with Crippen LogP contribution in [0.5, 0.6) is 0 Å². The van der Waals surface area contributed by atoms with Crippen molar-refractivity contribution < 1.29 is 14.2 Å². The smallest absolute Gasteiger partial charge is 0.146 e. The second-order valence-electron chi connectivity index (χ2n) is 4.85. The summed E-state index contributed by atoms with van der Waals surface area (Å²) in [7, 11) is 1.82. The molecule has 1 aromatic rings. The van der Waals surface area contributed by atoms with E-state index in [2.05, 4.69) is 0 Å². The molecule has 0 saturated heterocycles. The zero-order valence-corrected chi connectivity index (χ0v) is 10.7. The number of anilines is 1. The van der Waals surface area contributed by atoms with Crippen LogP contribution in [0.2, 0.25) is 0 Å². The molecule has 0 radical (unpaired) electrons. The summed E-state index contributed by atoms with van der Waals surface area (Å²) < 4.78 is 19.3. The molecule has 100 valence electrons. The molecule has 1 fully saturated rings. The van der Waals surface area contributed by atoms with E-state index >= 15 is 0 Å². The minimum atomic E-state index is -0.300. The molecule has 0 atom stereocenters. The van der Waals surface area contributed by atoms with Crippen molar-refractivity contribution in [2.45, 2.75) is 19.4 Å². The molecule has 0 aromatic heterocycles. The molecule has 2 rings (SSSR count). The van der Waals surface area contributed by atoms with Crippen LogP contribution in [0, 0.1) is 11.7 Å². The van der Waals surface area contributed by atoms with Gasteiger partial charge in [-0.25, -0.2) is 4.39 Å². The quantitative estimate of drug-likeness (QED) is 0.756. The maximum absolute atomic E-state index is 13.7. The van der Waals surface area contributed by atoms with Crippen molar-refractivity contribution in [3.8, 4) is 0 Å². The van der Waals surface area contributed by atoms with Crippen molar-refractivity contribution in [2.75, 3.05) is 31.7 Å². The Morgan fingerprint density at radius 2 is 2.22 bits per heavy atom. The van der Waals surface area contributed by atoms with Crippen LogP contribution in [-0.2, 0) is 11.3 Å². The number of aliphatic hydroxyl groups is 1. The second-order valence-corrected chi connectivity index (χ2v) is 4.85. The summed E-state index contributed by atoms with van der Waals surface area (Å²) in [6.45, 7) is 1.88. The SMILES string of the molecule is CN(CCOCC1CC1)c1c(F)cccc1CO. The predicted octanol–water partition coefficient (Wildman–Crippen LogP) is 2.18. The van der Waals surface area contributed by atoms with Crippen LogP contribution in [0.15, 0.2) is 18.2 Å². The first-order valence-corrected chi connectivity index (χ1v) is 6.39. The first kappa shape index (κ1) is 13.3. The van der Waals surface area contributed by atoms with Crippen molar-refractivity contribution in [1.82, 2.24) is 0 Å². The zero-order chi connectivity index (χ0) is 13.0. The fourth-order valence-electron chi connectivity index (χ4n) is 1.96. The maximum atomic E-state index is 13.7. The summed E-state index contributed by atoms with van der Waals surface area (Å²) in [6, 6.07) is 4.76. The van der Waals surface area contributed by atoms with Gasteiger partial charge in [0.25, 0.3) is 0 Å². The lowest BCUT2D eigenvalue weighted by atomic mass is 10.1. The van der Waals surface area contributed by atoms with E-state index in [-0.39, 0.29) is 12.4 Å². The van der Waals surface area contributed by atoms with Crippen LogP contribution in [0.1, 0.15) is 18.4 Å². The van der Waals surface area contributed by atoms with Crippen molar-refractivity contribution in [3.63, 3.8) is 0 Å². The van der Waals surface area contributed by atoms with E-state index in [0.29, 0.717) is 24.4 Å². The molecule has 0 heterocycles. The van der Waals surface area contributed by atoms with E-state index in [1.807, 2.05) is 7.05 Å². The summed E-state index contributed by atoms with van der Waals surface area (Å²) in [4.78, 5) is 1.80. The predicted molar refractivity (Wildman–Crippen MR) is 69.1 cm³/mol. The van der Waals surface area contributed by atoms with Gasteiger partial charge in [0.05, 0.1) is 18.9 Å². The third kappa shape index (κ3) is 3.43. The zero-order valence-electron chi connectivity index (χ0n) is 10.7. The number of ether oxygens (including phenoxy) is 1. The highest BCUT2D eigenvalue weighted by atomic mass is 19.1. The highest BCUT2D eigenvalue weighted by Gasteiger charge is 2.21. The Bertz CT molecular complexity index is 393. The fourth-order valence-corrected chi connectivity index (χ4v) is 1.96. The Balaban J connectivity index is 1.88. The molecule has 0 bridgehead atoms. The number of likely N-dealkylation sites (N-methyl/N-ethyl adjacent to an activating group) is 1. The average Bonchev–Trinajstić information content (AvgIpc) is 3.18. The molecule has 0 amide bonds. The first-order chi connectivity index (χ1) is 8.72. The summed E-state index contributed by atoms with van der Waals surface area (Å²) in [5.41, 5.74) is 1.08. The van der Waals surface area contributed by atoms with Crippen LogP contribution < -0.4 is 4.90 Å². The first-order valence-electron chi connectivity index (χ1n) is 6.39. The van der Waals surface area contributed by atoms with E-state index in [9.17, 15) is 9.50 Å². The third-order valence-electron chi connectivity index (χ3n) is 3.24. The van der Waals surface area contributed by atoms with E-state index in [4.69, 9.17) is 4.74 Å². The van der Waals surface area contributed by atoms with Crippen molar-refractivity contribution in [1.29, 1.82) is 0 Å². The summed E-state index contributed by atoms with van der Waals surface area (Å²) in [6.07, 6.45) is 2.55. The van der Waals surface area contributed by atoms with Gasteiger partial charge in [-0.05, 0) is 24.8 Å². The lowest BCUT2D eigenvalue weighted by Crippen LogP contribution is -2.25. The lowest BCUT2D eigenvalue weighted by molar-refractivity contribution is 0.130. The average molecular weight is 253 g/mol. The van der Waals surface area contributed by atoms with Gasteiger partial charge in [-0.2, -0.15) is 0 Å². The van der Waals surface area contributed by atoms with Crippen LogP contribution in [0.25, 0.3) is 0 Å². The van der Waals surface area contributed by atoms with E-state index in [1.54, 1.807) is 17.0 Å². The molecule has 4 heteroatoms. The van der Waals surface area contributed by atoms with Gasteiger partial charge in [-0.15, -0.1) is 0 Å². The lowest BCUT2D eigenvalue weighted by Gasteiger charge is -2.22. The molecule has 0 spiro atoms. The molecule has 18 heavy (non-hydrogen) atoms. The molecule has 1 aliphatic carbocycles. The van der Waals surface area contributed by atoms with Crippen molar-refractivity contribution >= 4 is 5.69 Å². The number of benzene rings is 1. The van der Waals surface area contributed by atoms with Gasteiger partial charge in [-0.1, -0.05) is 12.1 Å². The van der Waals surface area contributed by atoms with Gasteiger partial charge in [-0.3, -0.25) is 0 Å². The molecular formula is C14H20FNO2. The minimum Gasteiger partial charge on any atom is -0.392 e. The maximum Gasteiger partial charge on any atom is 0.146 e. The number of para-hydroxylation sites is 1. The van der Waals surface area contributed by atoms with Gasteiger partial charge in [0.1, 0.15) is 5.82 Å². The number of aliphatic hydroxyl groups excluding tert-OH is 1. The Hall–Kier alpha value is -1.13. The number of rotatable bonds is 7. The van der Waals surface area contributed by atoms with Gasteiger partial charge in [0.2, 0.25) is 0 Å². The number of hydrogen-bond acceptors (Lipinski definition) is 3. The fraction of sp³-hybridized carbons (Fsp3) is 0.571. The van der Waals surface area contributed by atoms with E-state index in [0.717, 1.165) is 12.5 Å². The van der Waals surface area contributed by atoms with Crippen LogP contribution in [0.4, 0.5) is 10.1 Å². The van der Waals surface area contributed by atoms with Crippen LogP contribution >= 0.6 is 0 Å². The summed E-state index contributed by atoms with van der Waals surface area (Å²) >= 11 is 0. The van der Waals surface area contributed by atoms with Gasteiger partial charge < -0.3 is 14.7 Å². The molecule has 1 aliphatic rings. The Kier molecular flexibility index (Phi) is 4.55. The second kappa shape index (κ2) is 6.16. The molecule has 3 nitrogen and oxygen atoms in total. The molecule has 0 unspecified atom stereocenters. The van der Waals surface area contributed by atoms with Crippen molar-refractivity contribution in [2.24, 2.45) is 5.92 Å². The Morgan fingerprint density at radius 1 is 1.44 bits per heavy atom. The molecule has 1 aromatic carbocycles. The van der Waals surface area contributed by atoms with Crippen LogP contribution in [-0.4, -0.2) is 31.9 Å². The number of hydrogen-bond donors (Lipinski definition) is 1. The van der Waals surface area contributed by atoms with Crippen molar-refractivity contribution in [3.05, 3.63) is 29.6 Å². The number of nitrogens with zero attached hydrogens (tertiary/aromatic N) is 1. The standard InChI is InChI=1S/C14H20FNO2/c1-16(7-8-18-10-11-5-6-11)14-12(9-17)3-2-4-13(14)15/h2-4,11,17H,5-10H2,1H3.